The SMILES string of the molecule is NCC(Nc1ccc2c(c1)C(=O)N(C1CCC(=O)NC1=O)C2=O)C1CCCC1. The molecule has 8 nitrogen and oxygen atoms in total. The Morgan fingerprint density at radius 1 is 1.07 bits per heavy atom. The second-order valence-electron chi connectivity index (χ2n) is 7.74. The number of carbonyl (C=O) groups excluding carboxylic acids is 4. The van der Waals surface area contributed by atoms with E-state index in [-0.39, 0.29) is 35.9 Å². The quantitative estimate of drug-likeness (QED) is 0.652. The number of piperidine rings is 1. The summed E-state index contributed by atoms with van der Waals surface area (Å²) in [5.41, 5.74) is 7.25. The molecule has 8 heteroatoms. The lowest BCUT2D eigenvalue weighted by Gasteiger charge is -2.27. The molecule has 1 aliphatic carbocycles. The predicted molar refractivity (Wildman–Crippen MR) is 102 cm³/mol. The van der Waals surface area contributed by atoms with Crippen molar-refractivity contribution in [2.75, 3.05) is 11.9 Å². The lowest BCUT2D eigenvalue weighted by Crippen LogP contribution is -2.54. The topological polar surface area (TPSA) is 122 Å². The lowest BCUT2D eigenvalue weighted by atomic mass is 9.97. The number of rotatable bonds is 5. The Hall–Kier alpha value is -2.74. The van der Waals surface area contributed by atoms with Gasteiger partial charge in [0, 0.05) is 24.7 Å². The van der Waals surface area contributed by atoms with Crippen molar-refractivity contribution in [1.82, 2.24) is 10.2 Å². The lowest BCUT2D eigenvalue weighted by molar-refractivity contribution is -0.136. The van der Waals surface area contributed by atoms with Crippen molar-refractivity contribution in [2.24, 2.45) is 11.7 Å². The van der Waals surface area contributed by atoms with Gasteiger partial charge in [0.2, 0.25) is 11.8 Å². The highest BCUT2D eigenvalue weighted by atomic mass is 16.2. The van der Waals surface area contributed by atoms with E-state index in [9.17, 15) is 19.2 Å². The minimum absolute atomic E-state index is 0.107. The first-order valence-electron chi connectivity index (χ1n) is 9.82. The molecule has 28 heavy (non-hydrogen) atoms. The highest BCUT2D eigenvalue weighted by Crippen LogP contribution is 2.32. The van der Waals surface area contributed by atoms with Gasteiger partial charge in [0.25, 0.3) is 11.8 Å². The summed E-state index contributed by atoms with van der Waals surface area (Å²) in [6, 6.07) is 4.23. The molecule has 0 aromatic heterocycles. The minimum atomic E-state index is -0.947. The van der Waals surface area contributed by atoms with Crippen molar-refractivity contribution < 1.29 is 19.2 Å². The normalized spacial score (nSPS) is 23.8. The standard InChI is InChI=1S/C20H24N4O4/c21-10-15(11-3-1-2-4-11)22-12-5-6-13-14(9-12)20(28)24(19(13)27)16-7-8-17(25)23-18(16)26/h5-6,9,11,15-16,22H,1-4,7-8,10,21H2,(H,23,25,26). The van der Waals surface area contributed by atoms with E-state index >= 15 is 0 Å². The molecule has 4 rings (SSSR count). The number of nitrogens with zero attached hydrogens (tertiary/aromatic N) is 1. The van der Waals surface area contributed by atoms with Crippen LogP contribution < -0.4 is 16.4 Å². The number of benzene rings is 1. The van der Waals surface area contributed by atoms with Gasteiger partial charge in [-0.3, -0.25) is 29.4 Å². The highest BCUT2D eigenvalue weighted by molar-refractivity contribution is 6.23. The van der Waals surface area contributed by atoms with Crippen LogP contribution in [-0.2, 0) is 9.59 Å². The van der Waals surface area contributed by atoms with Crippen LogP contribution in [0.4, 0.5) is 5.69 Å². The summed E-state index contributed by atoms with van der Waals surface area (Å²) in [7, 11) is 0. The zero-order chi connectivity index (χ0) is 19.8. The maximum Gasteiger partial charge on any atom is 0.262 e. The minimum Gasteiger partial charge on any atom is -0.381 e. The summed E-state index contributed by atoms with van der Waals surface area (Å²) in [5.74, 6) is -1.47. The van der Waals surface area contributed by atoms with Crippen molar-refractivity contribution in [1.29, 1.82) is 0 Å². The van der Waals surface area contributed by atoms with E-state index in [0.717, 1.165) is 23.4 Å². The third-order valence-electron chi connectivity index (χ3n) is 6.01. The zero-order valence-electron chi connectivity index (χ0n) is 15.6. The van der Waals surface area contributed by atoms with Crippen molar-refractivity contribution in [3.05, 3.63) is 29.3 Å². The summed E-state index contributed by atoms with van der Waals surface area (Å²) in [5, 5.41) is 5.61. The second-order valence-corrected chi connectivity index (χ2v) is 7.74. The third-order valence-corrected chi connectivity index (χ3v) is 6.01. The number of carbonyl (C=O) groups is 4. The van der Waals surface area contributed by atoms with Gasteiger partial charge >= 0.3 is 0 Å². The number of nitrogens with one attached hydrogen (secondary N) is 2. The number of amides is 4. The Labute approximate surface area is 162 Å². The maximum atomic E-state index is 12.9. The van der Waals surface area contributed by atoms with Crippen molar-refractivity contribution in [2.45, 2.75) is 50.6 Å². The van der Waals surface area contributed by atoms with Crippen LogP contribution in [-0.4, -0.2) is 47.2 Å². The number of anilines is 1. The van der Waals surface area contributed by atoms with Crippen LogP contribution in [0.5, 0.6) is 0 Å². The molecule has 1 saturated heterocycles. The molecule has 4 amide bonds. The van der Waals surface area contributed by atoms with E-state index in [1.807, 2.05) is 0 Å². The van der Waals surface area contributed by atoms with Crippen LogP contribution >= 0.6 is 0 Å². The van der Waals surface area contributed by atoms with Gasteiger partial charge in [-0.1, -0.05) is 12.8 Å². The van der Waals surface area contributed by atoms with Crippen LogP contribution in [0.3, 0.4) is 0 Å². The molecular formula is C20H24N4O4. The van der Waals surface area contributed by atoms with E-state index in [2.05, 4.69) is 10.6 Å². The average Bonchev–Trinajstić information content (AvgIpc) is 3.29. The monoisotopic (exact) mass is 384 g/mol. The smallest absolute Gasteiger partial charge is 0.262 e. The largest absolute Gasteiger partial charge is 0.381 e. The number of imide groups is 2. The van der Waals surface area contributed by atoms with Crippen LogP contribution in [0.15, 0.2) is 18.2 Å². The fourth-order valence-electron chi connectivity index (χ4n) is 4.50. The summed E-state index contributed by atoms with van der Waals surface area (Å²) in [6.07, 6.45) is 4.96. The average molecular weight is 384 g/mol. The van der Waals surface area contributed by atoms with Crippen LogP contribution in [0.2, 0.25) is 0 Å². The maximum absolute atomic E-state index is 12.9. The molecule has 1 saturated carbocycles. The van der Waals surface area contributed by atoms with Crippen molar-refractivity contribution in [3.8, 4) is 0 Å². The number of nitrogens with two attached hydrogens (primary N) is 1. The van der Waals surface area contributed by atoms with Gasteiger partial charge < -0.3 is 11.1 Å². The van der Waals surface area contributed by atoms with E-state index in [4.69, 9.17) is 5.73 Å². The number of hydrogen-bond acceptors (Lipinski definition) is 6. The highest BCUT2D eigenvalue weighted by Gasteiger charge is 2.44. The molecular weight excluding hydrogens is 360 g/mol. The summed E-state index contributed by atoms with van der Waals surface area (Å²) in [4.78, 5) is 50.1. The Bertz CT molecular complexity index is 847. The molecule has 148 valence electrons. The summed E-state index contributed by atoms with van der Waals surface area (Å²) in [6.45, 7) is 0.497. The number of fused-ring (bicyclic) bond motifs is 1. The van der Waals surface area contributed by atoms with E-state index < -0.39 is 23.8 Å². The molecule has 1 aromatic rings. The molecule has 3 aliphatic rings. The van der Waals surface area contributed by atoms with Gasteiger partial charge in [-0.05, 0) is 43.4 Å². The molecule has 2 heterocycles. The molecule has 0 bridgehead atoms. The second kappa shape index (κ2) is 7.35. The Balaban J connectivity index is 1.55. The molecule has 2 aliphatic heterocycles. The summed E-state index contributed by atoms with van der Waals surface area (Å²) >= 11 is 0. The van der Waals surface area contributed by atoms with Crippen LogP contribution in [0.1, 0.15) is 59.2 Å². The van der Waals surface area contributed by atoms with Gasteiger partial charge in [0.1, 0.15) is 6.04 Å². The van der Waals surface area contributed by atoms with Crippen LogP contribution in [0, 0.1) is 5.92 Å². The Morgan fingerprint density at radius 2 is 1.79 bits per heavy atom. The van der Waals surface area contributed by atoms with Gasteiger partial charge in [-0.15, -0.1) is 0 Å². The zero-order valence-corrected chi connectivity index (χ0v) is 15.6. The number of hydrogen-bond donors (Lipinski definition) is 3. The molecule has 2 unspecified atom stereocenters. The first-order valence-corrected chi connectivity index (χ1v) is 9.82. The van der Waals surface area contributed by atoms with E-state index in [1.54, 1.807) is 18.2 Å². The third kappa shape index (κ3) is 3.17. The van der Waals surface area contributed by atoms with Gasteiger partial charge in [-0.2, -0.15) is 0 Å². The first-order chi connectivity index (χ1) is 13.5. The van der Waals surface area contributed by atoms with E-state index in [0.29, 0.717) is 12.5 Å². The molecule has 2 atom stereocenters. The Kier molecular flexibility index (Phi) is 4.89. The van der Waals surface area contributed by atoms with Gasteiger partial charge in [0.15, 0.2) is 0 Å². The van der Waals surface area contributed by atoms with Gasteiger partial charge in [0.05, 0.1) is 11.1 Å². The fourth-order valence-corrected chi connectivity index (χ4v) is 4.50. The van der Waals surface area contributed by atoms with Crippen LogP contribution in [0.25, 0.3) is 0 Å². The van der Waals surface area contributed by atoms with E-state index in [1.165, 1.54) is 12.8 Å². The van der Waals surface area contributed by atoms with Crippen molar-refractivity contribution in [3.63, 3.8) is 0 Å². The van der Waals surface area contributed by atoms with Crippen molar-refractivity contribution >= 4 is 29.3 Å². The molecule has 0 radical (unpaired) electrons. The Morgan fingerprint density at radius 3 is 2.46 bits per heavy atom. The van der Waals surface area contributed by atoms with Gasteiger partial charge in [-0.25, -0.2) is 0 Å². The molecule has 1 aromatic carbocycles. The molecule has 2 fully saturated rings. The predicted octanol–water partition coefficient (Wildman–Crippen LogP) is 1.02. The summed E-state index contributed by atoms with van der Waals surface area (Å²) < 4.78 is 0. The fraction of sp³-hybridized carbons (Fsp3) is 0.500. The molecule has 4 N–H and O–H groups in total. The molecule has 0 spiro atoms. The first kappa shape index (κ1) is 18.6.